The molecule has 92 valence electrons. The maximum absolute atomic E-state index is 5.71. The van der Waals surface area contributed by atoms with Crippen molar-refractivity contribution in [1.82, 2.24) is 9.78 Å². The summed E-state index contributed by atoms with van der Waals surface area (Å²) in [6.07, 6.45) is 2.13. The van der Waals surface area contributed by atoms with Crippen LogP contribution in [0, 0.1) is 0 Å². The lowest BCUT2D eigenvalue weighted by atomic mass is 10.2. The Kier molecular flexibility index (Phi) is 4.12. The minimum atomic E-state index is 0.492. The van der Waals surface area contributed by atoms with E-state index < -0.39 is 0 Å². The normalized spacial score (nSPS) is 11.2. The molecule has 0 unspecified atom stereocenters. The zero-order valence-corrected chi connectivity index (χ0v) is 10.2. The Morgan fingerprint density at radius 3 is 2.88 bits per heavy atom. The molecule has 2 aromatic rings. The third kappa shape index (κ3) is 2.65. The summed E-state index contributed by atoms with van der Waals surface area (Å²) in [4.78, 5) is 0. The molecule has 2 rings (SSSR count). The highest BCUT2D eigenvalue weighted by molar-refractivity contribution is 5.81. The van der Waals surface area contributed by atoms with Gasteiger partial charge in [-0.1, -0.05) is 18.2 Å². The fourth-order valence-electron chi connectivity index (χ4n) is 2.03. The molecule has 1 aromatic heterocycles. The average Bonchev–Trinajstić information content (AvgIpc) is 2.73. The summed E-state index contributed by atoms with van der Waals surface area (Å²) in [6, 6.07) is 8.24. The number of nitrogens with two attached hydrogens (primary N) is 1. The lowest BCUT2D eigenvalue weighted by molar-refractivity contribution is 0.191. The number of ether oxygens (including phenoxy) is 1. The van der Waals surface area contributed by atoms with Crippen LogP contribution in [-0.2, 0) is 17.8 Å². The number of methoxy groups -OCH3 is 1. The second kappa shape index (κ2) is 5.80. The Morgan fingerprint density at radius 2 is 2.12 bits per heavy atom. The largest absolute Gasteiger partial charge is 0.385 e. The number of hydrogen-bond donors (Lipinski definition) is 1. The number of nitrogens with zero attached hydrogens (tertiary/aromatic N) is 2. The maximum atomic E-state index is 5.71. The van der Waals surface area contributed by atoms with E-state index in [0.717, 1.165) is 31.7 Å². The number of aryl methyl sites for hydroxylation is 1. The van der Waals surface area contributed by atoms with Crippen LogP contribution < -0.4 is 5.73 Å². The number of para-hydroxylation sites is 1. The summed E-state index contributed by atoms with van der Waals surface area (Å²) in [5.41, 5.74) is 7.86. The summed E-state index contributed by atoms with van der Waals surface area (Å²) in [5, 5.41) is 5.72. The van der Waals surface area contributed by atoms with Crippen molar-refractivity contribution >= 4 is 10.9 Å². The van der Waals surface area contributed by atoms with Crippen LogP contribution in [0.15, 0.2) is 24.3 Å². The first-order valence-corrected chi connectivity index (χ1v) is 6.00. The van der Waals surface area contributed by atoms with E-state index in [-0.39, 0.29) is 0 Å². The van der Waals surface area contributed by atoms with Gasteiger partial charge in [-0.3, -0.25) is 4.68 Å². The van der Waals surface area contributed by atoms with Crippen molar-refractivity contribution in [3.63, 3.8) is 0 Å². The molecule has 0 amide bonds. The van der Waals surface area contributed by atoms with Crippen LogP contribution in [0.4, 0.5) is 0 Å². The van der Waals surface area contributed by atoms with Gasteiger partial charge in [-0.2, -0.15) is 5.10 Å². The third-order valence-electron chi connectivity index (χ3n) is 2.90. The molecule has 0 aliphatic heterocycles. The van der Waals surface area contributed by atoms with E-state index in [1.54, 1.807) is 7.11 Å². The van der Waals surface area contributed by atoms with E-state index in [1.165, 1.54) is 10.9 Å². The van der Waals surface area contributed by atoms with Crippen LogP contribution in [0.2, 0.25) is 0 Å². The Bertz CT molecular complexity index is 478. The molecule has 1 aromatic carbocycles. The van der Waals surface area contributed by atoms with Gasteiger partial charge in [0.1, 0.15) is 0 Å². The van der Waals surface area contributed by atoms with Crippen molar-refractivity contribution < 1.29 is 4.74 Å². The smallest absolute Gasteiger partial charge is 0.0838 e. The molecular weight excluding hydrogens is 214 g/mol. The van der Waals surface area contributed by atoms with Crippen molar-refractivity contribution in [3.8, 4) is 0 Å². The molecule has 0 bridgehead atoms. The summed E-state index contributed by atoms with van der Waals surface area (Å²) in [5.74, 6) is 0. The van der Waals surface area contributed by atoms with Crippen molar-refractivity contribution in [3.05, 3.63) is 30.0 Å². The van der Waals surface area contributed by atoms with Crippen molar-refractivity contribution in [1.29, 1.82) is 0 Å². The molecule has 0 aliphatic rings. The summed E-state index contributed by atoms with van der Waals surface area (Å²) < 4.78 is 7.09. The molecule has 4 heteroatoms. The fourth-order valence-corrected chi connectivity index (χ4v) is 2.03. The van der Waals surface area contributed by atoms with Crippen molar-refractivity contribution in [2.24, 2.45) is 5.73 Å². The number of rotatable bonds is 6. The Morgan fingerprint density at radius 1 is 1.29 bits per heavy atom. The average molecular weight is 233 g/mol. The lowest BCUT2D eigenvalue weighted by Crippen LogP contribution is -2.03. The number of benzene rings is 1. The first kappa shape index (κ1) is 12.1. The van der Waals surface area contributed by atoms with E-state index >= 15 is 0 Å². The van der Waals surface area contributed by atoms with E-state index in [4.69, 9.17) is 10.5 Å². The zero-order valence-electron chi connectivity index (χ0n) is 10.2. The van der Waals surface area contributed by atoms with Gasteiger partial charge in [-0.05, 0) is 18.9 Å². The first-order chi connectivity index (χ1) is 8.36. The molecular formula is C13H19N3O. The van der Waals surface area contributed by atoms with E-state index in [1.807, 2.05) is 16.8 Å². The highest BCUT2D eigenvalue weighted by Crippen LogP contribution is 2.18. The van der Waals surface area contributed by atoms with Gasteiger partial charge in [0.2, 0.25) is 0 Å². The fraction of sp³-hybridized carbons (Fsp3) is 0.462. The van der Waals surface area contributed by atoms with Gasteiger partial charge in [-0.25, -0.2) is 0 Å². The SMILES string of the molecule is COCCCCn1nc(CN)c2ccccc21. The van der Waals surface area contributed by atoms with Gasteiger partial charge in [-0.15, -0.1) is 0 Å². The molecule has 0 spiro atoms. The Hall–Kier alpha value is -1.39. The quantitative estimate of drug-likeness (QED) is 0.775. The van der Waals surface area contributed by atoms with Gasteiger partial charge in [0.15, 0.2) is 0 Å². The minimum Gasteiger partial charge on any atom is -0.385 e. The molecule has 0 saturated heterocycles. The highest BCUT2D eigenvalue weighted by atomic mass is 16.5. The zero-order chi connectivity index (χ0) is 12.1. The van der Waals surface area contributed by atoms with Gasteiger partial charge in [0.05, 0.1) is 11.2 Å². The van der Waals surface area contributed by atoms with E-state index in [0.29, 0.717) is 6.54 Å². The van der Waals surface area contributed by atoms with Gasteiger partial charge in [0.25, 0.3) is 0 Å². The van der Waals surface area contributed by atoms with E-state index in [2.05, 4.69) is 17.2 Å². The molecule has 1 heterocycles. The van der Waals surface area contributed by atoms with Crippen LogP contribution >= 0.6 is 0 Å². The van der Waals surface area contributed by atoms with Crippen LogP contribution in [-0.4, -0.2) is 23.5 Å². The number of unbranched alkanes of at least 4 members (excludes halogenated alkanes) is 1. The standard InChI is InChI=1S/C13H19N3O/c1-17-9-5-4-8-16-13-7-3-2-6-11(13)12(10-14)15-16/h2-3,6-7H,4-5,8-10,14H2,1H3. The molecule has 0 saturated carbocycles. The second-order valence-electron chi connectivity index (χ2n) is 4.09. The lowest BCUT2D eigenvalue weighted by Gasteiger charge is -2.02. The molecule has 0 atom stereocenters. The molecule has 0 radical (unpaired) electrons. The summed E-state index contributed by atoms with van der Waals surface area (Å²) >= 11 is 0. The van der Waals surface area contributed by atoms with Crippen LogP contribution in [0.5, 0.6) is 0 Å². The number of hydrogen-bond acceptors (Lipinski definition) is 3. The topological polar surface area (TPSA) is 53.1 Å². The van der Waals surface area contributed by atoms with Crippen LogP contribution in [0.3, 0.4) is 0 Å². The highest BCUT2D eigenvalue weighted by Gasteiger charge is 2.07. The first-order valence-electron chi connectivity index (χ1n) is 6.00. The van der Waals surface area contributed by atoms with Gasteiger partial charge >= 0.3 is 0 Å². The maximum Gasteiger partial charge on any atom is 0.0838 e. The second-order valence-corrected chi connectivity index (χ2v) is 4.09. The summed E-state index contributed by atoms with van der Waals surface area (Å²) in [6.45, 7) is 2.22. The van der Waals surface area contributed by atoms with Crippen molar-refractivity contribution in [2.75, 3.05) is 13.7 Å². The predicted molar refractivity (Wildman–Crippen MR) is 68.7 cm³/mol. The van der Waals surface area contributed by atoms with Crippen LogP contribution in [0.1, 0.15) is 18.5 Å². The Labute approximate surface area is 101 Å². The molecule has 2 N–H and O–H groups in total. The predicted octanol–water partition coefficient (Wildman–Crippen LogP) is 1.92. The molecule has 0 fully saturated rings. The third-order valence-corrected chi connectivity index (χ3v) is 2.90. The van der Waals surface area contributed by atoms with Crippen LogP contribution in [0.25, 0.3) is 10.9 Å². The summed E-state index contributed by atoms with van der Waals surface area (Å²) in [7, 11) is 1.73. The van der Waals surface area contributed by atoms with Crippen molar-refractivity contribution in [2.45, 2.75) is 25.9 Å². The number of aromatic nitrogens is 2. The molecule has 0 aliphatic carbocycles. The van der Waals surface area contributed by atoms with Gasteiger partial charge < -0.3 is 10.5 Å². The van der Waals surface area contributed by atoms with E-state index in [9.17, 15) is 0 Å². The Balaban J connectivity index is 2.16. The molecule has 17 heavy (non-hydrogen) atoms. The number of fused-ring (bicyclic) bond motifs is 1. The van der Waals surface area contributed by atoms with Gasteiger partial charge in [0, 0.05) is 32.2 Å². The monoisotopic (exact) mass is 233 g/mol. The minimum absolute atomic E-state index is 0.492. The molecule has 4 nitrogen and oxygen atoms in total.